The van der Waals surface area contributed by atoms with Crippen molar-refractivity contribution in [1.29, 1.82) is 0 Å². The minimum Gasteiger partial charge on any atom is -0.398 e. The second kappa shape index (κ2) is 5.76. The van der Waals surface area contributed by atoms with Crippen LogP contribution in [-0.2, 0) is 6.54 Å². The van der Waals surface area contributed by atoms with Crippen molar-refractivity contribution in [2.24, 2.45) is 0 Å². The average molecular weight is 275 g/mol. The Hall–Kier alpha value is -2.00. The van der Waals surface area contributed by atoms with E-state index >= 15 is 0 Å². The summed E-state index contributed by atoms with van der Waals surface area (Å²) in [6, 6.07) is 12.9. The number of rotatable bonds is 3. The molecule has 0 spiro atoms. The number of anilines is 1. The van der Waals surface area contributed by atoms with Crippen LogP contribution in [0.1, 0.15) is 21.5 Å². The molecule has 0 bridgehead atoms. The van der Waals surface area contributed by atoms with E-state index in [0.717, 1.165) is 5.56 Å². The molecule has 0 aromatic heterocycles. The predicted octanol–water partition coefficient (Wildman–Crippen LogP) is 3.16. The van der Waals surface area contributed by atoms with Crippen LogP contribution in [0.15, 0.2) is 42.5 Å². The Morgan fingerprint density at radius 1 is 1.21 bits per heavy atom. The van der Waals surface area contributed by atoms with Gasteiger partial charge < -0.3 is 11.1 Å². The maximum absolute atomic E-state index is 11.9. The number of nitrogens with one attached hydrogen (secondary N) is 1. The first kappa shape index (κ1) is 13.4. The van der Waals surface area contributed by atoms with Crippen LogP contribution in [0.3, 0.4) is 0 Å². The molecule has 0 aliphatic rings. The van der Waals surface area contributed by atoms with Crippen molar-refractivity contribution in [3.05, 3.63) is 64.2 Å². The number of carbonyl (C=O) groups excluding carboxylic acids is 1. The molecule has 0 saturated heterocycles. The Labute approximate surface area is 117 Å². The molecule has 19 heavy (non-hydrogen) atoms. The van der Waals surface area contributed by atoms with Gasteiger partial charge in [0, 0.05) is 12.1 Å². The Morgan fingerprint density at radius 3 is 2.53 bits per heavy atom. The number of nitrogens with two attached hydrogens (primary N) is 1. The number of nitrogen functional groups attached to an aromatic ring is 1. The number of hydrogen-bond donors (Lipinski definition) is 2. The fraction of sp³-hybridized carbons (Fsp3) is 0.133. The molecule has 0 unspecified atom stereocenters. The molecule has 0 fully saturated rings. The average Bonchev–Trinajstić information content (AvgIpc) is 2.41. The fourth-order valence-electron chi connectivity index (χ4n) is 1.68. The van der Waals surface area contributed by atoms with Gasteiger partial charge in [0.05, 0.1) is 10.7 Å². The first-order chi connectivity index (χ1) is 9.06. The van der Waals surface area contributed by atoms with Crippen LogP contribution >= 0.6 is 11.6 Å². The summed E-state index contributed by atoms with van der Waals surface area (Å²) in [5, 5.41) is 3.30. The van der Waals surface area contributed by atoms with Crippen LogP contribution in [-0.4, -0.2) is 5.91 Å². The Bertz CT molecular complexity index is 594. The Morgan fingerprint density at radius 2 is 1.89 bits per heavy atom. The zero-order chi connectivity index (χ0) is 13.8. The number of halogens is 1. The van der Waals surface area contributed by atoms with Crippen molar-refractivity contribution in [2.45, 2.75) is 13.5 Å². The standard InChI is InChI=1S/C15H15ClN2O/c1-10-2-4-11(5-3-10)9-18-15(19)12-6-7-13(16)14(17)8-12/h2-8H,9,17H2,1H3,(H,18,19). The second-order valence-corrected chi connectivity index (χ2v) is 4.81. The largest absolute Gasteiger partial charge is 0.398 e. The highest BCUT2D eigenvalue weighted by Crippen LogP contribution is 2.19. The molecule has 0 aliphatic heterocycles. The van der Waals surface area contributed by atoms with E-state index in [1.807, 2.05) is 31.2 Å². The summed E-state index contributed by atoms with van der Waals surface area (Å²) in [7, 11) is 0. The number of amides is 1. The van der Waals surface area contributed by atoms with Crippen molar-refractivity contribution in [3.63, 3.8) is 0 Å². The van der Waals surface area contributed by atoms with Crippen LogP contribution in [0.2, 0.25) is 5.02 Å². The van der Waals surface area contributed by atoms with Gasteiger partial charge in [0.15, 0.2) is 0 Å². The van der Waals surface area contributed by atoms with E-state index < -0.39 is 0 Å². The molecule has 0 saturated carbocycles. The third-order valence-electron chi connectivity index (χ3n) is 2.83. The van der Waals surface area contributed by atoms with Crippen molar-refractivity contribution >= 4 is 23.2 Å². The summed E-state index contributed by atoms with van der Waals surface area (Å²) < 4.78 is 0. The summed E-state index contributed by atoms with van der Waals surface area (Å²) in [5.41, 5.74) is 8.84. The van der Waals surface area contributed by atoms with Gasteiger partial charge in [-0.05, 0) is 30.7 Å². The smallest absolute Gasteiger partial charge is 0.251 e. The van der Waals surface area contributed by atoms with Crippen LogP contribution in [0, 0.1) is 6.92 Å². The summed E-state index contributed by atoms with van der Waals surface area (Å²) >= 11 is 5.82. The lowest BCUT2D eigenvalue weighted by atomic mass is 10.1. The molecule has 0 atom stereocenters. The molecule has 3 nitrogen and oxygen atoms in total. The highest BCUT2D eigenvalue weighted by Gasteiger charge is 2.07. The molecular weight excluding hydrogens is 260 g/mol. The predicted molar refractivity (Wildman–Crippen MR) is 78.2 cm³/mol. The number of carbonyl (C=O) groups is 1. The summed E-state index contributed by atoms with van der Waals surface area (Å²) in [6.45, 7) is 2.51. The van der Waals surface area contributed by atoms with E-state index in [4.69, 9.17) is 17.3 Å². The molecule has 0 radical (unpaired) electrons. The SMILES string of the molecule is Cc1ccc(CNC(=O)c2ccc(Cl)c(N)c2)cc1. The monoisotopic (exact) mass is 274 g/mol. The number of hydrogen-bond acceptors (Lipinski definition) is 2. The minimum atomic E-state index is -0.163. The lowest BCUT2D eigenvalue weighted by Gasteiger charge is -2.07. The van der Waals surface area contributed by atoms with E-state index in [1.54, 1.807) is 18.2 Å². The van der Waals surface area contributed by atoms with E-state index in [1.165, 1.54) is 5.56 Å². The molecule has 3 N–H and O–H groups in total. The topological polar surface area (TPSA) is 55.1 Å². The van der Waals surface area contributed by atoms with E-state index in [0.29, 0.717) is 22.8 Å². The van der Waals surface area contributed by atoms with Gasteiger partial charge in [0.2, 0.25) is 0 Å². The van der Waals surface area contributed by atoms with Gasteiger partial charge in [-0.3, -0.25) is 4.79 Å². The van der Waals surface area contributed by atoms with Crippen LogP contribution in [0.5, 0.6) is 0 Å². The van der Waals surface area contributed by atoms with Gasteiger partial charge in [-0.25, -0.2) is 0 Å². The number of benzene rings is 2. The van der Waals surface area contributed by atoms with Crippen molar-refractivity contribution in [3.8, 4) is 0 Å². The van der Waals surface area contributed by atoms with Gasteiger partial charge in [-0.15, -0.1) is 0 Å². The van der Waals surface area contributed by atoms with E-state index in [-0.39, 0.29) is 5.91 Å². The normalized spacial score (nSPS) is 10.2. The molecule has 98 valence electrons. The third kappa shape index (κ3) is 3.48. The zero-order valence-electron chi connectivity index (χ0n) is 10.6. The van der Waals surface area contributed by atoms with Crippen LogP contribution in [0.4, 0.5) is 5.69 Å². The Kier molecular flexibility index (Phi) is 4.07. The minimum absolute atomic E-state index is 0.163. The lowest BCUT2D eigenvalue weighted by molar-refractivity contribution is 0.0951. The first-order valence-corrected chi connectivity index (χ1v) is 6.33. The maximum Gasteiger partial charge on any atom is 0.251 e. The van der Waals surface area contributed by atoms with Crippen LogP contribution < -0.4 is 11.1 Å². The van der Waals surface area contributed by atoms with E-state index in [9.17, 15) is 4.79 Å². The zero-order valence-corrected chi connectivity index (χ0v) is 11.4. The van der Waals surface area contributed by atoms with Crippen molar-refractivity contribution < 1.29 is 4.79 Å². The van der Waals surface area contributed by atoms with Gasteiger partial charge in [0.1, 0.15) is 0 Å². The molecule has 0 heterocycles. The molecule has 1 amide bonds. The van der Waals surface area contributed by atoms with Crippen molar-refractivity contribution in [1.82, 2.24) is 5.32 Å². The molecule has 2 aromatic rings. The van der Waals surface area contributed by atoms with E-state index in [2.05, 4.69) is 5.32 Å². The Balaban J connectivity index is 2.01. The molecule has 4 heteroatoms. The second-order valence-electron chi connectivity index (χ2n) is 4.40. The third-order valence-corrected chi connectivity index (χ3v) is 3.18. The first-order valence-electron chi connectivity index (χ1n) is 5.95. The summed E-state index contributed by atoms with van der Waals surface area (Å²) in [5.74, 6) is -0.163. The van der Waals surface area contributed by atoms with Crippen molar-refractivity contribution in [2.75, 3.05) is 5.73 Å². The molecule has 2 aromatic carbocycles. The molecular formula is C15H15ClN2O. The highest BCUT2D eigenvalue weighted by molar-refractivity contribution is 6.33. The van der Waals surface area contributed by atoms with Gasteiger partial charge in [0.25, 0.3) is 5.91 Å². The summed E-state index contributed by atoms with van der Waals surface area (Å²) in [6.07, 6.45) is 0. The maximum atomic E-state index is 11.9. The molecule has 0 aliphatic carbocycles. The quantitative estimate of drug-likeness (QED) is 0.845. The highest BCUT2D eigenvalue weighted by atomic mass is 35.5. The lowest BCUT2D eigenvalue weighted by Crippen LogP contribution is -2.22. The van der Waals surface area contributed by atoms with Gasteiger partial charge in [-0.2, -0.15) is 0 Å². The number of aryl methyl sites for hydroxylation is 1. The summed E-state index contributed by atoms with van der Waals surface area (Å²) in [4.78, 5) is 11.9. The van der Waals surface area contributed by atoms with Gasteiger partial charge >= 0.3 is 0 Å². The van der Waals surface area contributed by atoms with Crippen LogP contribution in [0.25, 0.3) is 0 Å². The molecule has 2 rings (SSSR count). The van der Waals surface area contributed by atoms with Gasteiger partial charge in [-0.1, -0.05) is 41.4 Å². The fourth-order valence-corrected chi connectivity index (χ4v) is 1.79.